The lowest BCUT2D eigenvalue weighted by Crippen LogP contribution is -2.54. The standard InChI is InChI=1S/C10H19NO6/c1-2-3-4-11-10(9(16)17-10)8(15)7(14)6(13)5-12/h6-8,11-15H,2-5H2,1H3. The van der Waals surface area contributed by atoms with E-state index in [9.17, 15) is 20.1 Å². The van der Waals surface area contributed by atoms with Crippen LogP contribution >= 0.6 is 0 Å². The van der Waals surface area contributed by atoms with Crippen LogP contribution in [0.3, 0.4) is 0 Å². The van der Waals surface area contributed by atoms with Gasteiger partial charge >= 0.3 is 5.97 Å². The molecule has 0 amide bonds. The maximum Gasteiger partial charge on any atom is 0.371 e. The van der Waals surface area contributed by atoms with Gasteiger partial charge in [0.2, 0.25) is 0 Å². The van der Waals surface area contributed by atoms with Gasteiger partial charge in [-0.05, 0) is 13.0 Å². The summed E-state index contributed by atoms with van der Waals surface area (Å²) in [6.07, 6.45) is -3.11. The number of carbonyl (C=O) groups is 1. The van der Waals surface area contributed by atoms with Crippen molar-refractivity contribution in [2.45, 2.75) is 43.8 Å². The highest BCUT2D eigenvalue weighted by molar-refractivity contribution is 5.93. The first-order chi connectivity index (χ1) is 7.99. The van der Waals surface area contributed by atoms with Gasteiger partial charge in [0.25, 0.3) is 5.72 Å². The second-order valence-corrected chi connectivity index (χ2v) is 4.09. The van der Waals surface area contributed by atoms with Crippen molar-refractivity contribution in [3.8, 4) is 0 Å². The molecule has 0 radical (unpaired) electrons. The Labute approximate surface area is 99.0 Å². The number of aliphatic hydroxyl groups is 4. The van der Waals surface area contributed by atoms with E-state index < -0.39 is 36.6 Å². The number of ether oxygens (including phenoxy) is 1. The van der Waals surface area contributed by atoms with Crippen molar-refractivity contribution in [2.24, 2.45) is 0 Å². The summed E-state index contributed by atoms with van der Waals surface area (Å²) in [6, 6.07) is 0. The summed E-state index contributed by atoms with van der Waals surface area (Å²) >= 11 is 0. The van der Waals surface area contributed by atoms with Crippen molar-refractivity contribution in [2.75, 3.05) is 13.2 Å². The van der Waals surface area contributed by atoms with E-state index in [-0.39, 0.29) is 0 Å². The lowest BCUT2D eigenvalue weighted by Gasteiger charge is -2.24. The maximum absolute atomic E-state index is 11.2. The van der Waals surface area contributed by atoms with Gasteiger partial charge in [0.15, 0.2) is 0 Å². The number of epoxide rings is 1. The lowest BCUT2D eigenvalue weighted by atomic mass is 10.0. The van der Waals surface area contributed by atoms with Crippen LogP contribution in [0.2, 0.25) is 0 Å². The van der Waals surface area contributed by atoms with Crippen LogP contribution in [0.5, 0.6) is 0 Å². The summed E-state index contributed by atoms with van der Waals surface area (Å²) < 4.78 is 4.68. The summed E-state index contributed by atoms with van der Waals surface area (Å²) in [6.45, 7) is 1.70. The van der Waals surface area contributed by atoms with E-state index in [1.807, 2.05) is 6.92 Å². The smallest absolute Gasteiger partial charge is 0.371 e. The first-order valence-corrected chi connectivity index (χ1v) is 5.63. The van der Waals surface area contributed by atoms with Crippen molar-refractivity contribution < 1.29 is 30.0 Å². The minimum absolute atomic E-state index is 0.446. The van der Waals surface area contributed by atoms with Gasteiger partial charge in [-0.2, -0.15) is 0 Å². The Hall–Kier alpha value is -0.730. The molecule has 100 valence electrons. The van der Waals surface area contributed by atoms with E-state index in [1.165, 1.54) is 0 Å². The van der Waals surface area contributed by atoms with Crippen LogP contribution in [0.25, 0.3) is 0 Å². The zero-order chi connectivity index (χ0) is 13.1. The van der Waals surface area contributed by atoms with Crippen LogP contribution in [0, 0.1) is 0 Å². The predicted octanol–water partition coefficient (Wildman–Crippen LogP) is -2.30. The van der Waals surface area contributed by atoms with E-state index in [0.29, 0.717) is 6.54 Å². The number of unbranched alkanes of at least 4 members (excludes halogenated alkanes) is 1. The van der Waals surface area contributed by atoms with Crippen molar-refractivity contribution in [1.82, 2.24) is 5.32 Å². The highest BCUT2D eigenvalue weighted by Crippen LogP contribution is 2.32. The van der Waals surface area contributed by atoms with Crippen LogP contribution in [-0.2, 0) is 9.53 Å². The first-order valence-electron chi connectivity index (χ1n) is 5.63. The molecule has 4 unspecified atom stereocenters. The summed E-state index contributed by atoms with van der Waals surface area (Å²) in [5.41, 5.74) is -1.63. The number of cyclic esters (lactones) is 1. The molecule has 1 rings (SSSR count). The highest BCUT2D eigenvalue weighted by Gasteiger charge is 2.65. The molecule has 0 aliphatic carbocycles. The summed E-state index contributed by atoms with van der Waals surface area (Å²) in [4.78, 5) is 11.2. The second-order valence-electron chi connectivity index (χ2n) is 4.09. The predicted molar refractivity (Wildman–Crippen MR) is 56.8 cm³/mol. The van der Waals surface area contributed by atoms with E-state index >= 15 is 0 Å². The second kappa shape index (κ2) is 5.74. The van der Waals surface area contributed by atoms with Gasteiger partial charge in [0, 0.05) is 0 Å². The molecular weight excluding hydrogens is 230 g/mol. The Morgan fingerprint density at radius 3 is 2.41 bits per heavy atom. The van der Waals surface area contributed by atoms with Gasteiger partial charge in [0.1, 0.15) is 18.3 Å². The van der Waals surface area contributed by atoms with Gasteiger partial charge in [-0.25, -0.2) is 4.79 Å². The molecule has 0 bridgehead atoms. The van der Waals surface area contributed by atoms with E-state index in [0.717, 1.165) is 12.8 Å². The number of nitrogens with one attached hydrogen (secondary N) is 1. The van der Waals surface area contributed by atoms with Crippen LogP contribution in [0.4, 0.5) is 0 Å². The number of carbonyl (C=O) groups excluding carboxylic acids is 1. The van der Waals surface area contributed by atoms with Crippen LogP contribution < -0.4 is 5.32 Å². The van der Waals surface area contributed by atoms with E-state index in [1.54, 1.807) is 0 Å². The summed E-state index contributed by atoms with van der Waals surface area (Å²) in [5.74, 6) is -0.676. The Balaban J connectivity index is 2.58. The molecule has 5 N–H and O–H groups in total. The van der Waals surface area contributed by atoms with Gasteiger partial charge in [0.05, 0.1) is 6.61 Å². The number of aliphatic hydroxyl groups excluding tert-OH is 4. The molecule has 0 aromatic heterocycles. The molecule has 1 saturated heterocycles. The fourth-order valence-electron chi connectivity index (χ4n) is 1.52. The van der Waals surface area contributed by atoms with Crippen molar-refractivity contribution in [3.05, 3.63) is 0 Å². The van der Waals surface area contributed by atoms with E-state index in [4.69, 9.17) is 5.11 Å². The quantitative estimate of drug-likeness (QED) is 0.242. The highest BCUT2D eigenvalue weighted by atomic mass is 16.7. The summed E-state index contributed by atoms with van der Waals surface area (Å²) in [7, 11) is 0. The molecule has 1 heterocycles. The lowest BCUT2D eigenvalue weighted by molar-refractivity contribution is -0.120. The minimum atomic E-state index is -1.65. The molecule has 17 heavy (non-hydrogen) atoms. The van der Waals surface area contributed by atoms with E-state index in [2.05, 4.69) is 10.1 Å². The molecule has 7 heteroatoms. The van der Waals surface area contributed by atoms with Crippen LogP contribution in [-0.4, -0.2) is 63.6 Å². The van der Waals surface area contributed by atoms with Crippen molar-refractivity contribution in [3.63, 3.8) is 0 Å². The zero-order valence-electron chi connectivity index (χ0n) is 9.67. The first kappa shape index (κ1) is 14.3. The summed E-state index contributed by atoms with van der Waals surface area (Å²) in [5, 5.41) is 39.8. The Morgan fingerprint density at radius 1 is 1.41 bits per heavy atom. The maximum atomic E-state index is 11.2. The molecule has 0 saturated carbocycles. The minimum Gasteiger partial charge on any atom is -0.425 e. The van der Waals surface area contributed by atoms with Gasteiger partial charge in [-0.1, -0.05) is 13.3 Å². The molecule has 7 nitrogen and oxygen atoms in total. The van der Waals surface area contributed by atoms with Crippen molar-refractivity contribution in [1.29, 1.82) is 0 Å². The normalized spacial score (nSPS) is 28.4. The Bertz CT molecular complexity index is 274. The molecule has 1 fully saturated rings. The Kier molecular flexibility index (Phi) is 4.84. The number of hydrogen-bond donors (Lipinski definition) is 5. The van der Waals surface area contributed by atoms with Crippen LogP contribution in [0.1, 0.15) is 19.8 Å². The Morgan fingerprint density at radius 2 is 2.00 bits per heavy atom. The fraction of sp³-hybridized carbons (Fsp3) is 0.900. The molecule has 1 aliphatic heterocycles. The van der Waals surface area contributed by atoms with Crippen molar-refractivity contribution >= 4 is 5.97 Å². The fourth-order valence-corrected chi connectivity index (χ4v) is 1.52. The molecule has 0 spiro atoms. The average Bonchev–Trinajstić information content (AvgIpc) is 2.98. The average molecular weight is 249 g/mol. The molecule has 0 aromatic rings. The van der Waals surface area contributed by atoms with Gasteiger partial charge in [-0.3, -0.25) is 5.32 Å². The number of hydrogen-bond acceptors (Lipinski definition) is 7. The third-order valence-electron chi connectivity index (χ3n) is 2.75. The largest absolute Gasteiger partial charge is 0.425 e. The van der Waals surface area contributed by atoms with Crippen LogP contribution in [0.15, 0.2) is 0 Å². The molecule has 0 aromatic carbocycles. The topological polar surface area (TPSA) is 123 Å². The number of rotatable bonds is 8. The zero-order valence-corrected chi connectivity index (χ0v) is 9.67. The third-order valence-corrected chi connectivity index (χ3v) is 2.75. The molecule has 4 atom stereocenters. The SMILES string of the molecule is CCCCNC1(C(O)C(O)C(O)CO)OC1=O. The monoisotopic (exact) mass is 249 g/mol. The van der Waals surface area contributed by atoms with Gasteiger partial charge < -0.3 is 25.2 Å². The third kappa shape index (κ3) is 2.93. The molecule has 1 aliphatic rings. The molecular formula is C10H19NO6. The van der Waals surface area contributed by atoms with Gasteiger partial charge in [-0.15, -0.1) is 0 Å².